The number of carbonyl (C=O) groups excluding carboxylic acids is 2. The van der Waals surface area contributed by atoms with Crippen molar-refractivity contribution >= 4 is 17.6 Å². The van der Waals surface area contributed by atoms with E-state index in [4.69, 9.17) is 0 Å². The lowest BCUT2D eigenvalue weighted by molar-refractivity contribution is -0.139. The molecular weight excluding hydrogens is 450 g/mol. The molecule has 2 aliphatic heterocycles. The molecular formula is C29H39N5O2. The van der Waals surface area contributed by atoms with E-state index in [0.717, 1.165) is 69.5 Å². The van der Waals surface area contributed by atoms with Gasteiger partial charge in [0.05, 0.1) is 12.1 Å². The number of rotatable bonds is 7. The molecule has 36 heavy (non-hydrogen) atoms. The first-order valence-electron chi connectivity index (χ1n) is 13.6. The summed E-state index contributed by atoms with van der Waals surface area (Å²) >= 11 is 0. The third-order valence-electron chi connectivity index (χ3n) is 8.37. The van der Waals surface area contributed by atoms with E-state index in [-0.39, 0.29) is 29.8 Å². The van der Waals surface area contributed by atoms with Crippen LogP contribution in [0.3, 0.4) is 0 Å². The van der Waals surface area contributed by atoms with E-state index in [9.17, 15) is 9.59 Å². The molecule has 3 heterocycles. The summed E-state index contributed by atoms with van der Waals surface area (Å²) in [5, 5.41) is 6.15. The van der Waals surface area contributed by atoms with Crippen LogP contribution in [0.15, 0.2) is 42.6 Å². The molecule has 3 aliphatic rings. The maximum Gasteiger partial charge on any atom is 0.245 e. The molecule has 3 atom stereocenters. The first-order valence-corrected chi connectivity index (χ1v) is 13.6. The van der Waals surface area contributed by atoms with E-state index in [1.807, 2.05) is 18.0 Å². The molecule has 1 aromatic carbocycles. The summed E-state index contributed by atoms with van der Waals surface area (Å²) in [6.45, 7) is 4.29. The summed E-state index contributed by atoms with van der Waals surface area (Å²) in [5.74, 6) is 1.14. The number of likely N-dealkylation sites (tertiary alicyclic amines) is 1. The Labute approximate surface area is 214 Å². The van der Waals surface area contributed by atoms with Crippen LogP contribution >= 0.6 is 0 Å². The minimum atomic E-state index is -0.455. The summed E-state index contributed by atoms with van der Waals surface area (Å²) in [7, 11) is 1.78. The molecule has 1 saturated carbocycles. The maximum absolute atomic E-state index is 14.0. The Balaban J connectivity index is 1.35. The number of hydrogen-bond acceptors (Lipinski definition) is 5. The van der Waals surface area contributed by atoms with Crippen molar-refractivity contribution in [3.63, 3.8) is 0 Å². The van der Waals surface area contributed by atoms with E-state index in [1.54, 1.807) is 7.05 Å². The highest BCUT2D eigenvalue weighted by molar-refractivity contribution is 5.90. The predicted molar refractivity (Wildman–Crippen MR) is 141 cm³/mol. The van der Waals surface area contributed by atoms with Gasteiger partial charge < -0.3 is 20.4 Å². The Morgan fingerprint density at radius 1 is 1.00 bits per heavy atom. The number of nitrogens with zero attached hydrogens (tertiary/aromatic N) is 3. The lowest BCUT2D eigenvalue weighted by Crippen LogP contribution is -2.55. The van der Waals surface area contributed by atoms with Crippen molar-refractivity contribution in [1.82, 2.24) is 20.5 Å². The molecule has 5 rings (SSSR count). The minimum Gasteiger partial charge on any atom is -0.348 e. The standard InChI is InChI=1S/C29H39N5O2/c1-20(30-2)28(35)32-27(21-9-4-3-5-10-21)29(36)34-16-8-13-25(34)22-14-15-31-26(17-22)33-18-23-11-6-7-12-24(23)19-33/h6-7,11-12,14-15,17,20-21,25,27,30H,3-5,8-10,13,16,18-19H2,1-2H3,(H,32,35)/t20?,25?,27-/m0/s1. The zero-order valence-electron chi connectivity index (χ0n) is 21.6. The molecule has 2 N–H and O–H groups in total. The van der Waals surface area contributed by atoms with Gasteiger partial charge in [-0.1, -0.05) is 43.5 Å². The van der Waals surface area contributed by atoms with Gasteiger partial charge in [-0.3, -0.25) is 9.59 Å². The second kappa shape index (κ2) is 11.0. The largest absolute Gasteiger partial charge is 0.348 e. The van der Waals surface area contributed by atoms with Crippen molar-refractivity contribution in [2.45, 2.75) is 83.1 Å². The molecule has 2 unspecified atom stereocenters. The highest BCUT2D eigenvalue weighted by Gasteiger charge is 2.39. The quantitative estimate of drug-likeness (QED) is 0.616. The van der Waals surface area contributed by atoms with E-state index in [1.165, 1.54) is 17.5 Å². The number of likely N-dealkylation sites (N-methyl/N-ethyl adjacent to an activating group) is 1. The van der Waals surface area contributed by atoms with Crippen molar-refractivity contribution < 1.29 is 9.59 Å². The van der Waals surface area contributed by atoms with Crippen LogP contribution in [0, 0.1) is 5.92 Å². The van der Waals surface area contributed by atoms with Crippen LogP contribution < -0.4 is 15.5 Å². The SMILES string of the molecule is CNC(C)C(=O)N[C@H](C(=O)N1CCCC1c1ccnc(N2Cc3ccccc3C2)c1)C1CCCCC1. The Morgan fingerprint density at radius 2 is 1.72 bits per heavy atom. The summed E-state index contributed by atoms with van der Waals surface area (Å²) < 4.78 is 0. The monoisotopic (exact) mass is 489 g/mol. The van der Waals surface area contributed by atoms with E-state index in [2.05, 4.69) is 56.9 Å². The normalized spacial score (nSPS) is 21.8. The van der Waals surface area contributed by atoms with Crippen molar-refractivity contribution in [2.24, 2.45) is 5.92 Å². The van der Waals surface area contributed by atoms with Gasteiger partial charge in [0, 0.05) is 25.8 Å². The number of carbonyl (C=O) groups is 2. The van der Waals surface area contributed by atoms with Crippen LogP contribution in [0.4, 0.5) is 5.82 Å². The molecule has 7 nitrogen and oxygen atoms in total. The molecule has 1 aliphatic carbocycles. The van der Waals surface area contributed by atoms with Gasteiger partial charge in [-0.15, -0.1) is 0 Å². The number of aromatic nitrogens is 1. The molecule has 2 aromatic rings. The summed E-state index contributed by atoms with van der Waals surface area (Å²) in [5.41, 5.74) is 3.84. The summed E-state index contributed by atoms with van der Waals surface area (Å²) in [4.78, 5) is 35.9. The highest BCUT2D eigenvalue weighted by atomic mass is 16.2. The molecule has 0 radical (unpaired) electrons. The Bertz CT molecular complexity index is 1060. The number of amides is 2. The van der Waals surface area contributed by atoms with Crippen LogP contribution in [0.1, 0.15) is 74.6 Å². The van der Waals surface area contributed by atoms with Gasteiger partial charge in [0.2, 0.25) is 11.8 Å². The topological polar surface area (TPSA) is 77.6 Å². The van der Waals surface area contributed by atoms with Crippen LogP contribution in [0.25, 0.3) is 0 Å². The molecule has 1 saturated heterocycles. The minimum absolute atomic E-state index is 0.0222. The number of anilines is 1. The van der Waals surface area contributed by atoms with Crippen LogP contribution in [0.2, 0.25) is 0 Å². The van der Waals surface area contributed by atoms with Gasteiger partial charge in [0.25, 0.3) is 0 Å². The lowest BCUT2D eigenvalue weighted by Gasteiger charge is -2.35. The number of pyridine rings is 1. The Hall–Kier alpha value is -2.93. The summed E-state index contributed by atoms with van der Waals surface area (Å²) in [6, 6.07) is 12.0. The smallest absolute Gasteiger partial charge is 0.245 e. The Morgan fingerprint density at radius 3 is 2.42 bits per heavy atom. The van der Waals surface area contributed by atoms with Crippen molar-refractivity contribution in [2.75, 3.05) is 18.5 Å². The van der Waals surface area contributed by atoms with Crippen LogP contribution in [0.5, 0.6) is 0 Å². The molecule has 2 fully saturated rings. The zero-order chi connectivity index (χ0) is 25.1. The van der Waals surface area contributed by atoms with Gasteiger partial charge >= 0.3 is 0 Å². The van der Waals surface area contributed by atoms with Crippen molar-refractivity contribution in [3.05, 3.63) is 59.3 Å². The molecule has 7 heteroatoms. The van der Waals surface area contributed by atoms with E-state index in [0.29, 0.717) is 0 Å². The van der Waals surface area contributed by atoms with Gasteiger partial charge in [-0.2, -0.15) is 0 Å². The van der Waals surface area contributed by atoms with E-state index >= 15 is 0 Å². The fourth-order valence-electron chi connectivity index (χ4n) is 6.12. The molecule has 0 spiro atoms. The lowest BCUT2D eigenvalue weighted by atomic mass is 9.83. The third kappa shape index (κ3) is 5.12. The van der Waals surface area contributed by atoms with E-state index < -0.39 is 6.04 Å². The molecule has 2 amide bonds. The Kier molecular flexibility index (Phi) is 7.56. The van der Waals surface area contributed by atoms with Crippen LogP contribution in [-0.2, 0) is 22.7 Å². The zero-order valence-corrected chi connectivity index (χ0v) is 21.6. The van der Waals surface area contributed by atoms with Crippen molar-refractivity contribution in [1.29, 1.82) is 0 Å². The first-order chi connectivity index (χ1) is 17.5. The predicted octanol–water partition coefficient (Wildman–Crippen LogP) is 3.94. The number of hydrogen-bond donors (Lipinski definition) is 2. The average Bonchev–Trinajstić information content (AvgIpc) is 3.59. The van der Waals surface area contributed by atoms with Gasteiger partial charge in [-0.05, 0) is 74.4 Å². The first kappa shape index (κ1) is 24.8. The fourth-order valence-corrected chi connectivity index (χ4v) is 6.12. The molecule has 192 valence electrons. The average molecular weight is 490 g/mol. The maximum atomic E-state index is 14.0. The van der Waals surface area contributed by atoms with Crippen molar-refractivity contribution in [3.8, 4) is 0 Å². The number of fused-ring (bicyclic) bond motifs is 1. The number of nitrogens with one attached hydrogen (secondary N) is 2. The summed E-state index contributed by atoms with van der Waals surface area (Å²) in [6.07, 6.45) is 9.25. The molecule has 1 aromatic heterocycles. The third-order valence-corrected chi connectivity index (χ3v) is 8.37. The van der Waals surface area contributed by atoms with Gasteiger partial charge in [0.15, 0.2) is 0 Å². The number of benzene rings is 1. The van der Waals surface area contributed by atoms with Crippen LogP contribution in [-0.4, -0.2) is 47.4 Å². The van der Waals surface area contributed by atoms with Gasteiger partial charge in [-0.25, -0.2) is 4.98 Å². The highest BCUT2D eigenvalue weighted by Crippen LogP contribution is 2.36. The van der Waals surface area contributed by atoms with Gasteiger partial charge in [0.1, 0.15) is 11.9 Å². The molecule has 0 bridgehead atoms. The second-order valence-electron chi connectivity index (χ2n) is 10.7. The second-order valence-corrected chi connectivity index (χ2v) is 10.7. The fraction of sp³-hybridized carbons (Fsp3) is 0.552.